The van der Waals surface area contributed by atoms with E-state index >= 15 is 0 Å². The number of carbonyl (C=O) groups excluding carboxylic acids is 1. The first kappa shape index (κ1) is 10.6. The average Bonchev–Trinajstić information content (AvgIpc) is 2.18. The zero-order chi connectivity index (χ0) is 10.6. The van der Waals surface area contributed by atoms with Crippen molar-refractivity contribution in [1.82, 2.24) is 0 Å². The molecule has 1 aromatic carbocycles. The van der Waals surface area contributed by atoms with Crippen LogP contribution in [-0.4, -0.2) is 11.7 Å². The molecule has 0 aliphatic carbocycles. The monoisotopic (exact) mass is 206 g/mol. The molecule has 1 aromatic rings. The molecule has 3 nitrogen and oxygen atoms in total. The number of thiol groups is 1. The van der Waals surface area contributed by atoms with Gasteiger partial charge in [-0.2, -0.15) is 17.9 Å². The number of benzene rings is 1. The second kappa shape index (κ2) is 4.68. The van der Waals surface area contributed by atoms with Crippen molar-refractivity contribution in [2.75, 3.05) is 11.1 Å². The third-order valence-corrected chi connectivity index (χ3v) is 2.09. The van der Waals surface area contributed by atoms with E-state index < -0.39 is 0 Å². The predicted molar refractivity (Wildman–Crippen MR) is 58.4 cm³/mol. The maximum absolute atomic E-state index is 11.1. The zero-order valence-corrected chi connectivity index (χ0v) is 8.64. The van der Waals surface area contributed by atoms with Crippen molar-refractivity contribution < 1.29 is 4.79 Å². The van der Waals surface area contributed by atoms with Gasteiger partial charge < -0.3 is 5.32 Å². The lowest BCUT2D eigenvalue weighted by atomic mass is 10.1. The van der Waals surface area contributed by atoms with Crippen LogP contribution in [0.25, 0.3) is 0 Å². The molecule has 0 aliphatic heterocycles. The van der Waals surface area contributed by atoms with E-state index in [1.807, 2.05) is 13.0 Å². The van der Waals surface area contributed by atoms with Crippen molar-refractivity contribution in [2.45, 2.75) is 6.92 Å². The molecule has 0 aromatic heterocycles. The first-order chi connectivity index (χ1) is 6.69. The summed E-state index contributed by atoms with van der Waals surface area (Å²) in [6.45, 7) is 1.83. The second-order valence-electron chi connectivity index (χ2n) is 2.82. The van der Waals surface area contributed by atoms with Crippen LogP contribution < -0.4 is 5.32 Å². The molecule has 1 N–H and O–H groups in total. The fourth-order valence-corrected chi connectivity index (χ4v) is 1.19. The third kappa shape index (κ3) is 2.27. The van der Waals surface area contributed by atoms with Gasteiger partial charge in [-0.05, 0) is 18.6 Å². The molecule has 14 heavy (non-hydrogen) atoms. The van der Waals surface area contributed by atoms with Gasteiger partial charge in [0.1, 0.15) is 6.07 Å². The summed E-state index contributed by atoms with van der Waals surface area (Å²) in [5.41, 5.74) is 1.90. The van der Waals surface area contributed by atoms with Crippen LogP contribution in [0.15, 0.2) is 18.2 Å². The van der Waals surface area contributed by atoms with Crippen LogP contribution >= 0.6 is 12.6 Å². The van der Waals surface area contributed by atoms with Gasteiger partial charge in [0, 0.05) is 0 Å². The summed E-state index contributed by atoms with van der Waals surface area (Å²) in [5, 5.41) is 11.5. The predicted octanol–water partition coefficient (Wildman–Crippen LogP) is 1.73. The highest BCUT2D eigenvalue weighted by Gasteiger charge is 2.06. The van der Waals surface area contributed by atoms with Crippen LogP contribution in [0.4, 0.5) is 5.69 Å². The number of rotatable bonds is 2. The van der Waals surface area contributed by atoms with Crippen LogP contribution in [-0.2, 0) is 4.79 Å². The molecule has 72 valence electrons. The minimum Gasteiger partial charge on any atom is -0.324 e. The minimum atomic E-state index is -0.213. The molecule has 1 rings (SSSR count). The normalized spacial score (nSPS) is 9.21. The lowest BCUT2D eigenvalue weighted by Gasteiger charge is -2.06. The molecule has 0 aliphatic rings. The first-order valence-corrected chi connectivity index (χ1v) is 4.72. The molecule has 4 heteroatoms. The molecule has 0 bridgehead atoms. The van der Waals surface area contributed by atoms with E-state index in [-0.39, 0.29) is 11.7 Å². The molecule has 1 amide bonds. The van der Waals surface area contributed by atoms with E-state index in [0.29, 0.717) is 11.3 Å². The van der Waals surface area contributed by atoms with E-state index in [9.17, 15) is 4.79 Å². The van der Waals surface area contributed by atoms with Gasteiger partial charge in [0.25, 0.3) is 0 Å². The number of aryl methyl sites for hydroxylation is 1. The van der Waals surface area contributed by atoms with Crippen molar-refractivity contribution >= 4 is 24.2 Å². The Bertz CT molecular complexity index is 396. The maximum atomic E-state index is 11.1. The van der Waals surface area contributed by atoms with Crippen LogP contribution in [0.5, 0.6) is 0 Å². The van der Waals surface area contributed by atoms with Crippen LogP contribution in [0.2, 0.25) is 0 Å². The number of nitriles is 1. The number of carbonyl (C=O) groups is 1. The van der Waals surface area contributed by atoms with E-state index in [1.165, 1.54) is 0 Å². The number of hydrogen-bond donors (Lipinski definition) is 2. The lowest BCUT2D eigenvalue weighted by molar-refractivity contribution is -0.113. The van der Waals surface area contributed by atoms with Gasteiger partial charge in [-0.1, -0.05) is 12.1 Å². The van der Waals surface area contributed by atoms with Crippen molar-refractivity contribution in [3.8, 4) is 6.07 Å². The largest absolute Gasteiger partial charge is 0.324 e. The fraction of sp³-hybridized carbons (Fsp3) is 0.200. The number of nitrogens with one attached hydrogen (secondary N) is 1. The second-order valence-corrected chi connectivity index (χ2v) is 3.13. The molecule has 0 spiro atoms. The third-order valence-electron chi connectivity index (χ3n) is 1.80. The van der Waals surface area contributed by atoms with E-state index in [2.05, 4.69) is 24.0 Å². The SMILES string of the molecule is Cc1cccc(NC(=O)CS)c1C#N. The van der Waals surface area contributed by atoms with Gasteiger partial charge in [-0.15, -0.1) is 0 Å². The summed E-state index contributed by atoms with van der Waals surface area (Å²) in [4.78, 5) is 11.1. The van der Waals surface area contributed by atoms with Gasteiger partial charge in [0.15, 0.2) is 0 Å². The van der Waals surface area contributed by atoms with Gasteiger partial charge in [0.2, 0.25) is 5.91 Å². The Morgan fingerprint density at radius 1 is 1.64 bits per heavy atom. The van der Waals surface area contributed by atoms with E-state index in [0.717, 1.165) is 5.56 Å². The standard InChI is InChI=1S/C10H10N2OS/c1-7-3-2-4-9(8(7)5-11)12-10(13)6-14/h2-4,14H,6H2,1H3,(H,12,13). The molecule has 0 saturated carbocycles. The molecule has 0 atom stereocenters. The van der Waals surface area contributed by atoms with Crippen LogP contribution in [0, 0.1) is 18.3 Å². The number of hydrogen-bond acceptors (Lipinski definition) is 3. The number of anilines is 1. The Labute approximate surface area is 88.2 Å². The summed E-state index contributed by atoms with van der Waals surface area (Å²) >= 11 is 3.84. The van der Waals surface area contributed by atoms with Gasteiger partial charge in [0.05, 0.1) is 17.0 Å². The molecular weight excluding hydrogens is 196 g/mol. The van der Waals surface area contributed by atoms with Gasteiger partial charge in [-0.25, -0.2) is 0 Å². The van der Waals surface area contributed by atoms with Crippen molar-refractivity contribution in [2.24, 2.45) is 0 Å². The molecular formula is C10H10N2OS. The Morgan fingerprint density at radius 2 is 2.36 bits per heavy atom. The number of nitrogens with zero attached hydrogens (tertiary/aromatic N) is 1. The Kier molecular flexibility index (Phi) is 3.55. The van der Waals surface area contributed by atoms with Crippen molar-refractivity contribution in [3.63, 3.8) is 0 Å². The Balaban J connectivity index is 3.04. The molecule has 0 heterocycles. The Morgan fingerprint density at radius 3 is 2.93 bits per heavy atom. The molecule has 0 saturated heterocycles. The van der Waals surface area contributed by atoms with Crippen LogP contribution in [0.3, 0.4) is 0 Å². The number of amides is 1. The first-order valence-electron chi connectivity index (χ1n) is 4.09. The summed E-state index contributed by atoms with van der Waals surface area (Å²) in [5.74, 6) is -0.103. The smallest absolute Gasteiger partial charge is 0.234 e. The van der Waals surface area contributed by atoms with E-state index in [4.69, 9.17) is 5.26 Å². The average molecular weight is 206 g/mol. The van der Waals surface area contributed by atoms with Crippen molar-refractivity contribution in [3.05, 3.63) is 29.3 Å². The highest BCUT2D eigenvalue weighted by molar-refractivity contribution is 7.81. The van der Waals surface area contributed by atoms with Gasteiger partial charge in [-0.3, -0.25) is 4.79 Å². The topological polar surface area (TPSA) is 52.9 Å². The summed E-state index contributed by atoms with van der Waals surface area (Å²) in [6.07, 6.45) is 0. The summed E-state index contributed by atoms with van der Waals surface area (Å²) in [7, 11) is 0. The van der Waals surface area contributed by atoms with E-state index in [1.54, 1.807) is 12.1 Å². The molecule has 0 unspecified atom stereocenters. The lowest BCUT2D eigenvalue weighted by Crippen LogP contribution is -2.13. The highest BCUT2D eigenvalue weighted by Crippen LogP contribution is 2.17. The highest BCUT2D eigenvalue weighted by atomic mass is 32.1. The van der Waals surface area contributed by atoms with Gasteiger partial charge >= 0.3 is 0 Å². The fourth-order valence-electron chi connectivity index (χ4n) is 1.11. The maximum Gasteiger partial charge on any atom is 0.234 e. The Hall–Kier alpha value is -1.47. The minimum absolute atomic E-state index is 0.110. The van der Waals surface area contributed by atoms with Crippen molar-refractivity contribution in [1.29, 1.82) is 5.26 Å². The summed E-state index contributed by atoms with van der Waals surface area (Å²) < 4.78 is 0. The molecule has 0 radical (unpaired) electrons. The summed E-state index contributed by atoms with van der Waals surface area (Å²) in [6, 6.07) is 7.38. The van der Waals surface area contributed by atoms with Crippen LogP contribution in [0.1, 0.15) is 11.1 Å². The quantitative estimate of drug-likeness (QED) is 0.724. The molecule has 0 fully saturated rings. The zero-order valence-electron chi connectivity index (χ0n) is 7.74.